The van der Waals surface area contributed by atoms with Gasteiger partial charge in [0.25, 0.3) is 0 Å². The summed E-state index contributed by atoms with van der Waals surface area (Å²) < 4.78 is 5.03. The molecule has 0 saturated carbocycles. The Hall–Kier alpha value is -1.35. The molecule has 0 atom stereocenters. The zero-order chi connectivity index (χ0) is 9.80. The quantitative estimate of drug-likeness (QED) is 0.778. The molecule has 14 heavy (non-hydrogen) atoms. The third-order valence-corrected chi connectivity index (χ3v) is 2.20. The predicted octanol–water partition coefficient (Wildman–Crippen LogP) is 2.51. The van der Waals surface area contributed by atoms with Crippen molar-refractivity contribution in [3.63, 3.8) is 0 Å². The van der Waals surface area contributed by atoms with Crippen LogP contribution in [-0.4, -0.2) is 10.2 Å². The summed E-state index contributed by atoms with van der Waals surface area (Å²) in [5.41, 5.74) is 1.22. The molecule has 0 aliphatic carbocycles. The molecule has 1 aromatic heterocycles. The van der Waals surface area contributed by atoms with Gasteiger partial charge in [-0.1, -0.05) is 23.7 Å². The molecule has 0 N–H and O–H groups in total. The van der Waals surface area contributed by atoms with Crippen LogP contribution in [0.4, 0.5) is 0 Å². The highest BCUT2D eigenvalue weighted by molar-refractivity contribution is 6.30. The molecule has 0 bridgehead atoms. The molecule has 0 unspecified atom stereocenters. The SMILES string of the molecule is Clc1ccc(CCc2nnco2)cc1. The van der Waals surface area contributed by atoms with Gasteiger partial charge in [-0.05, 0) is 24.1 Å². The molecule has 72 valence electrons. The summed E-state index contributed by atoms with van der Waals surface area (Å²) in [7, 11) is 0. The van der Waals surface area contributed by atoms with Crippen LogP contribution in [0, 0.1) is 0 Å². The van der Waals surface area contributed by atoms with E-state index < -0.39 is 0 Å². The van der Waals surface area contributed by atoms with Crippen molar-refractivity contribution < 1.29 is 4.42 Å². The van der Waals surface area contributed by atoms with Gasteiger partial charge in [-0.2, -0.15) is 0 Å². The normalized spacial score (nSPS) is 10.4. The molecule has 0 radical (unpaired) electrons. The van der Waals surface area contributed by atoms with Crippen LogP contribution in [0.1, 0.15) is 11.5 Å². The van der Waals surface area contributed by atoms with Crippen LogP contribution in [0.5, 0.6) is 0 Å². The molecule has 0 amide bonds. The Morgan fingerprint density at radius 3 is 2.57 bits per heavy atom. The first kappa shape index (κ1) is 9.21. The number of benzene rings is 1. The summed E-state index contributed by atoms with van der Waals surface area (Å²) in [5.74, 6) is 0.667. The Morgan fingerprint density at radius 2 is 1.93 bits per heavy atom. The summed E-state index contributed by atoms with van der Waals surface area (Å²) in [6.07, 6.45) is 3.00. The van der Waals surface area contributed by atoms with E-state index in [-0.39, 0.29) is 0 Å². The van der Waals surface area contributed by atoms with Crippen LogP contribution < -0.4 is 0 Å². The van der Waals surface area contributed by atoms with Crippen LogP contribution in [0.3, 0.4) is 0 Å². The lowest BCUT2D eigenvalue weighted by Gasteiger charge is -1.97. The fourth-order valence-electron chi connectivity index (χ4n) is 1.21. The molecule has 2 aromatic rings. The summed E-state index contributed by atoms with van der Waals surface area (Å²) in [5, 5.41) is 8.17. The molecular formula is C10H9ClN2O. The van der Waals surface area contributed by atoms with Gasteiger partial charge in [0, 0.05) is 11.4 Å². The van der Waals surface area contributed by atoms with Gasteiger partial charge in [-0.15, -0.1) is 10.2 Å². The van der Waals surface area contributed by atoms with Crippen molar-refractivity contribution in [2.24, 2.45) is 0 Å². The van der Waals surface area contributed by atoms with Crippen LogP contribution >= 0.6 is 11.6 Å². The van der Waals surface area contributed by atoms with Crippen molar-refractivity contribution in [2.75, 3.05) is 0 Å². The molecule has 4 heteroatoms. The highest BCUT2D eigenvalue weighted by Gasteiger charge is 1.99. The third-order valence-electron chi connectivity index (χ3n) is 1.95. The Labute approximate surface area is 86.7 Å². The molecule has 0 aliphatic rings. The standard InChI is InChI=1S/C10H9ClN2O/c11-9-4-1-8(2-5-9)3-6-10-13-12-7-14-10/h1-2,4-5,7H,3,6H2. The zero-order valence-corrected chi connectivity index (χ0v) is 8.24. The van der Waals surface area contributed by atoms with Gasteiger partial charge in [0.15, 0.2) is 0 Å². The number of rotatable bonds is 3. The fourth-order valence-corrected chi connectivity index (χ4v) is 1.33. The maximum absolute atomic E-state index is 5.77. The molecule has 2 rings (SSSR count). The minimum absolute atomic E-state index is 0.667. The predicted molar refractivity (Wildman–Crippen MR) is 53.2 cm³/mol. The second kappa shape index (κ2) is 4.24. The largest absolute Gasteiger partial charge is 0.428 e. The van der Waals surface area contributed by atoms with Crippen molar-refractivity contribution >= 4 is 11.6 Å². The van der Waals surface area contributed by atoms with E-state index in [4.69, 9.17) is 16.0 Å². The van der Waals surface area contributed by atoms with Crippen molar-refractivity contribution in [2.45, 2.75) is 12.8 Å². The number of aromatic nitrogens is 2. The second-order valence-corrected chi connectivity index (χ2v) is 3.40. The van der Waals surface area contributed by atoms with E-state index in [0.717, 1.165) is 17.9 Å². The van der Waals surface area contributed by atoms with Crippen LogP contribution in [0.2, 0.25) is 5.02 Å². The average molecular weight is 209 g/mol. The van der Waals surface area contributed by atoms with Crippen LogP contribution in [0.15, 0.2) is 35.1 Å². The molecule has 3 nitrogen and oxygen atoms in total. The first-order chi connectivity index (χ1) is 6.84. The van der Waals surface area contributed by atoms with E-state index in [2.05, 4.69) is 10.2 Å². The minimum Gasteiger partial charge on any atom is -0.428 e. The summed E-state index contributed by atoms with van der Waals surface area (Å²) in [4.78, 5) is 0. The fraction of sp³-hybridized carbons (Fsp3) is 0.200. The van der Waals surface area contributed by atoms with Gasteiger partial charge in [0.05, 0.1) is 0 Å². The number of aryl methyl sites for hydroxylation is 2. The van der Waals surface area contributed by atoms with Crippen molar-refractivity contribution in [1.29, 1.82) is 0 Å². The smallest absolute Gasteiger partial charge is 0.216 e. The van der Waals surface area contributed by atoms with E-state index in [1.165, 1.54) is 12.0 Å². The van der Waals surface area contributed by atoms with Gasteiger partial charge in [-0.25, -0.2) is 0 Å². The number of hydrogen-bond acceptors (Lipinski definition) is 3. The van der Waals surface area contributed by atoms with Crippen LogP contribution in [-0.2, 0) is 12.8 Å². The molecule has 0 fully saturated rings. The van der Waals surface area contributed by atoms with Crippen molar-refractivity contribution in [3.05, 3.63) is 47.1 Å². The number of nitrogens with zero attached hydrogens (tertiary/aromatic N) is 2. The van der Waals surface area contributed by atoms with E-state index in [9.17, 15) is 0 Å². The molecule has 0 spiro atoms. The Kier molecular flexibility index (Phi) is 2.79. The van der Waals surface area contributed by atoms with Crippen molar-refractivity contribution in [3.8, 4) is 0 Å². The van der Waals surface area contributed by atoms with E-state index in [1.807, 2.05) is 24.3 Å². The minimum atomic E-state index is 0.667. The average Bonchev–Trinajstić information content (AvgIpc) is 2.70. The van der Waals surface area contributed by atoms with Gasteiger partial charge in [0.2, 0.25) is 12.3 Å². The first-order valence-corrected chi connectivity index (χ1v) is 4.72. The Morgan fingerprint density at radius 1 is 1.14 bits per heavy atom. The third kappa shape index (κ3) is 2.33. The monoisotopic (exact) mass is 208 g/mol. The van der Waals surface area contributed by atoms with Gasteiger partial charge in [-0.3, -0.25) is 0 Å². The lowest BCUT2D eigenvalue weighted by Crippen LogP contribution is -1.91. The van der Waals surface area contributed by atoms with Gasteiger partial charge < -0.3 is 4.42 Å². The second-order valence-electron chi connectivity index (χ2n) is 2.96. The molecule has 0 saturated heterocycles. The maximum atomic E-state index is 5.77. The summed E-state index contributed by atoms with van der Waals surface area (Å²) >= 11 is 5.77. The molecule has 0 aliphatic heterocycles. The Bertz CT molecular complexity index is 383. The highest BCUT2D eigenvalue weighted by Crippen LogP contribution is 2.11. The van der Waals surface area contributed by atoms with Gasteiger partial charge in [0.1, 0.15) is 0 Å². The van der Waals surface area contributed by atoms with E-state index in [1.54, 1.807) is 0 Å². The molecule has 1 aromatic carbocycles. The van der Waals surface area contributed by atoms with Crippen LogP contribution in [0.25, 0.3) is 0 Å². The van der Waals surface area contributed by atoms with E-state index >= 15 is 0 Å². The zero-order valence-electron chi connectivity index (χ0n) is 7.48. The van der Waals surface area contributed by atoms with E-state index in [0.29, 0.717) is 5.89 Å². The number of hydrogen-bond donors (Lipinski definition) is 0. The Balaban J connectivity index is 1.95. The lowest BCUT2D eigenvalue weighted by atomic mass is 10.1. The van der Waals surface area contributed by atoms with Crippen molar-refractivity contribution in [1.82, 2.24) is 10.2 Å². The lowest BCUT2D eigenvalue weighted by molar-refractivity contribution is 0.492. The first-order valence-electron chi connectivity index (χ1n) is 4.34. The topological polar surface area (TPSA) is 38.9 Å². The maximum Gasteiger partial charge on any atom is 0.216 e. The molecule has 1 heterocycles. The van der Waals surface area contributed by atoms with Gasteiger partial charge >= 0.3 is 0 Å². The highest BCUT2D eigenvalue weighted by atomic mass is 35.5. The molecular weight excluding hydrogens is 200 g/mol. The summed E-state index contributed by atoms with van der Waals surface area (Å²) in [6, 6.07) is 7.76. The number of halogens is 1. The summed E-state index contributed by atoms with van der Waals surface area (Å²) in [6.45, 7) is 0.